The molecule has 0 aromatic heterocycles. The predicted molar refractivity (Wildman–Crippen MR) is 86.9 cm³/mol. The lowest BCUT2D eigenvalue weighted by Crippen LogP contribution is -2.34. The average molecular weight is 311 g/mol. The molecule has 1 amide bonds. The number of nitrogens with one attached hydrogen (secondary N) is 1. The Morgan fingerprint density at radius 3 is 2.52 bits per heavy atom. The van der Waals surface area contributed by atoms with Crippen LogP contribution in [0.15, 0.2) is 29.3 Å². The summed E-state index contributed by atoms with van der Waals surface area (Å²) in [6, 6.07) is 7.13. The highest BCUT2D eigenvalue weighted by Crippen LogP contribution is 2.14. The van der Waals surface area contributed by atoms with Gasteiger partial charge in [-0.25, -0.2) is 4.99 Å². The smallest absolute Gasteiger partial charge is 0.291 e. The number of carbonyl (C=O) groups excluding carboxylic acids is 1. The summed E-state index contributed by atoms with van der Waals surface area (Å²) in [4.78, 5) is 16.5. The normalized spacial score (nSPS) is 11.9. The van der Waals surface area contributed by atoms with Gasteiger partial charge in [-0.15, -0.1) is 0 Å². The summed E-state index contributed by atoms with van der Waals surface area (Å²) in [6.07, 6.45) is 0.877. The molecule has 1 N–H and O–H groups in total. The lowest BCUT2D eigenvalue weighted by Gasteiger charge is -2.14. The summed E-state index contributed by atoms with van der Waals surface area (Å²) in [5.74, 6) is 0.234. The van der Waals surface area contributed by atoms with Gasteiger partial charge in [0.1, 0.15) is 0 Å². The number of benzene rings is 1. The molecular formula is C16H23ClN2O2. The minimum Gasteiger partial charge on any atom is -0.462 e. The molecule has 5 heteroatoms. The quantitative estimate of drug-likeness (QED) is 0.662. The number of hydrogen-bond acceptors (Lipinski definition) is 3. The summed E-state index contributed by atoms with van der Waals surface area (Å²) in [7, 11) is 0. The third-order valence-corrected chi connectivity index (χ3v) is 2.98. The third kappa shape index (κ3) is 6.63. The Hall–Kier alpha value is -1.55. The fourth-order valence-electron chi connectivity index (χ4n) is 1.56. The first-order valence-corrected chi connectivity index (χ1v) is 7.55. The molecule has 0 heterocycles. The number of aliphatic imine (C=N–C) groups is 1. The average Bonchev–Trinajstić information content (AvgIpc) is 2.37. The van der Waals surface area contributed by atoms with Crippen LogP contribution in [0.4, 0.5) is 0 Å². The van der Waals surface area contributed by atoms with Gasteiger partial charge in [-0.05, 0) is 38.3 Å². The molecule has 4 nitrogen and oxygen atoms in total. The summed E-state index contributed by atoms with van der Waals surface area (Å²) in [5, 5.41) is 3.09. The van der Waals surface area contributed by atoms with E-state index in [0.29, 0.717) is 23.0 Å². The molecule has 0 spiro atoms. The minimum atomic E-state index is -0.315. The molecule has 0 radical (unpaired) electrons. The highest BCUT2D eigenvalue weighted by atomic mass is 35.5. The Morgan fingerprint density at radius 1 is 1.29 bits per heavy atom. The zero-order valence-corrected chi connectivity index (χ0v) is 13.8. The van der Waals surface area contributed by atoms with Crippen molar-refractivity contribution >= 4 is 23.5 Å². The standard InChI is InChI=1S/C16H23ClN2O2/c1-11(2)9-10-18-16(21-12(3)4)19-15(20)13-7-5-6-8-14(13)17/h5-8,11-12H,9-10H2,1-4H3,(H,18,19,20). The number of hydrogen-bond donors (Lipinski definition) is 1. The molecule has 21 heavy (non-hydrogen) atoms. The van der Waals surface area contributed by atoms with Gasteiger partial charge >= 0.3 is 0 Å². The highest BCUT2D eigenvalue weighted by molar-refractivity contribution is 6.34. The van der Waals surface area contributed by atoms with E-state index in [9.17, 15) is 4.79 Å². The van der Waals surface area contributed by atoms with E-state index in [2.05, 4.69) is 24.2 Å². The van der Waals surface area contributed by atoms with E-state index in [-0.39, 0.29) is 18.0 Å². The van der Waals surface area contributed by atoms with Gasteiger partial charge in [-0.1, -0.05) is 37.6 Å². The van der Waals surface area contributed by atoms with E-state index in [1.807, 2.05) is 13.8 Å². The van der Waals surface area contributed by atoms with Gasteiger partial charge in [0.05, 0.1) is 16.7 Å². The van der Waals surface area contributed by atoms with Crippen LogP contribution in [-0.4, -0.2) is 24.6 Å². The Balaban J connectivity index is 2.76. The second kappa shape index (κ2) is 8.67. The number of amidine groups is 1. The van der Waals surface area contributed by atoms with Crippen molar-refractivity contribution in [3.8, 4) is 0 Å². The second-order valence-electron chi connectivity index (χ2n) is 5.47. The van der Waals surface area contributed by atoms with E-state index >= 15 is 0 Å². The van der Waals surface area contributed by atoms with Crippen LogP contribution in [0, 0.1) is 5.92 Å². The van der Waals surface area contributed by atoms with Crippen LogP contribution >= 0.6 is 11.6 Å². The van der Waals surface area contributed by atoms with Crippen molar-refractivity contribution in [1.82, 2.24) is 5.32 Å². The minimum absolute atomic E-state index is 0.0608. The highest BCUT2D eigenvalue weighted by Gasteiger charge is 2.13. The SMILES string of the molecule is CC(C)CCN=C(NC(=O)c1ccccc1Cl)OC(C)C. The van der Waals surface area contributed by atoms with E-state index in [1.54, 1.807) is 24.3 Å². The van der Waals surface area contributed by atoms with Crippen LogP contribution in [-0.2, 0) is 4.74 Å². The molecule has 0 unspecified atom stereocenters. The van der Waals surface area contributed by atoms with Crippen molar-refractivity contribution < 1.29 is 9.53 Å². The monoisotopic (exact) mass is 310 g/mol. The number of amides is 1. The fourth-order valence-corrected chi connectivity index (χ4v) is 1.79. The third-order valence-electron chi connectivity index (χ3n) is 2.65. The molecule has 1 aromatic rings. The van der Waals surface area contributed by atoms with Gasteiger partial charge in [0.2, 0.25) is 0 Å². The number of rotatable bonds is 5. The van der Waals surface area contributed by atoms with Crippen LogP contribution in [0.2, 0.25) is 5.02 Å². The van der Waals surface area contributed by atoms with E-state index in [4.69, 9.17) is 16.3 Å². The number of ether oxygens (including phenoxy) is 1. The largest absolute Gasteiger partial charge is 0.462 e. The lowest BCUT2D eigenvalue weighted by molar-refractivity contribution is 0.0960. The summed E-state index contributed by atoms with van der Waals surface area (Å²) < 4.78 is 5.54. The molecule has 1 aromatic carbocycles. The van der Waals surface area contributed by atoms with Gasteiger partial charge < -0.3 is 4.74 Å². The van der Waals surface area contributed by atoms with Crippen molar-refractivity contribution in [2.45, 2.75) is 40.2 Å². The van der Waals surface area contributed by atoms with Gasteiger partial charge in [-0.2, -0.15) is 0 Å². The number of halogens is 1. The second-order valence-corrected chi connectivity index (χ2v) is 5.88. The fraction of sp³-hybridized carbons (Fsp3) is 0.500. The summed E-state index contributed by atoms with van der Waals surface area (Å²) in [6.45, 7) is 8.64. The summed E-state index contributed by atoms with van der Waals surface area (Å²) in [5.41, 5.74) is 0.406. The van der Waals surface area contributed by atoms with Crippen molar-refractivity contribution in [3.05, 3.63) is 34.9 Å². The van der Waals surface area contributed by atoms with Gasteiger partial charge in [0.25, 0.3) is 11.9 Å². The molecule has 0 aliphatic carbocycles. The van der Waals surface area contributed by atoms with Crippen LogP contribution in [0.25, 0.3) is 0 Å². The predicted octanol–water partition coefficient (Wildman–Crippen LogP) is 3.90. The zero-order chi connectivity index (χ0) is 15.8. The number of nitrogens with zero attached hydrogens (tertiary/aromatic N) is 1. The first kappa shape index (κ1) is 17.5. The molecule has 0 saturated heterocycles. The van der Waals surface area contributed by atoms with Gasteiger partial charge in [0, 0.05) is 6.54 Å². The molecule has 0 aliphatic heterocycles. The maximum atomic E-state index is 12.2. The van der Waals surface area contributed by atoms with Crippen molar-refractivity contribution in [2.75, 3.05) is 6.54 Å². The van der Waals surface area contributed by atoms with Gasteiger partial charge in [-0.3, -0.25) is 10.1 Å². The Kier molecular flexibility index (Phi) is 7.23. The van der Waals surface area contributed by atoms with E-state index in [0.717, 1.165) is 6.42 Å². The van der Waals surface area contributed by atoms with Crippen LogP contribution in [0.1, 0.15) is 44.5 Å². The van der Waals surface area contributed by atoms with Crippen molar-refractivity contribution in [1.29, 1.82) is 0 Å². The van der Waals surface area contributed by atoms with Gasteiger partial charge in [0.15, 0.2) is 0 Å². The Morgan fingerprint density at radius 2 is 1.95 bits per heavy atom. The molecule has 0 fully saturated rings. The Labute approximate surface area is 131 Å². The van der Waals surface area contributed by atoms with Crippen molar-refractivity contribution in [2.24, 2.45) is 10.9 Å². The lowest BCUT2D eigenvalue weighted by atomic mass is 10.1. The molecule has 1 rings (SSSR count). The van der Waals surface area contributed by atoms with Crippen LogP contribution < -0.4 is 5.32 Å². The first-order valence-electron chi connectivity index (χ1n) is 7.17. The molecule has 0 aliphatic rings. The molecular weight excluding hydrogens is 288 g/mol. The topological polar surface area (TPSA) is 50.7 Å². The zero-order valence-electron chi connectivity index (χ0n) is 13.0. The van der Waals surface area contributed by atoms with E-state index in [1.165, 1.54) is 0 Å². The van der Waals surface area contributed by atoms with Crippen LogP contribution in [0.5, 0.6) is 0 Å². The molecule has 0 saturated carbocycles. The maximum absolute atomic E-state index is 12.2. The Bertz CT molecular complexity index is 499. The van der Waals surface area contributed by atoms with Crippen LogP contribution in [0.3, 0.4) is 0 Å². The maximum Gasteiger partial charge on any atom is 0.291 e. The summed E-state index contributed by atoms with van der Waals surface area (Å²) >= 11 is 6.01. The van der Waals surface area contributed by atoms with E-state index < -0.39 is 0 Å². The molecule has 0 bridgehead atoms. The molecule has 0 atom stereocenters. The molecule has 116 valence electrons. The number of carbonyl (C=O) groups is 1. The van der Waals surface area contributed by atoms with Crippen molar-refractivity contribution in [3.63, 3.8) is 0 Å². The first-order chi connectivity index (χ1) is 9.90.